The van der Waals surface area contributed by atoms with E-state index in [1.807, 2.05) is 23.9 Å². The van der Waals surface area contributed by atoms with Crippen LogP contribution in [0.15, 0.2) is 23.1 Å². The Bertz CT molecular complexity index is 420. The summed E-state index contributed by atoms with van der Waals surface area (Å²) in [7, 11) is 0. The number of aliphatic carboxylic acids is 1. The average molecular weight is 251 g/mol. The van der Waals surface area contributed by atoms with Crippen molar-refractivity contribution in [2.75, 3.05) is 5.75 Å². The van der Waals surface area contributed by atoms with E-state index < -0.39 is 5.97 Å². The van der Waals surface area contributed by atoms with E-state index >= 15 is 0 Å². The fourth-order valence-corrected chi connectivity index (χ4v) is 3.28. The molecule has 1 aromatic rings. The molecule has 3 N–H and O–H groups in total. The third-order valence-corrected chi connectivity index (χ3v) is 4.25. The molecule has 92 valence electrons. The van der Waals surface area contributed by atoms with Gasteiger partial charge in [0.1, 0.15) is 0 Å². The van der Waals surface area contributed by atoms with Crippen LogP contribution in [0.5, 0.6) is 0 Å². The molecule has 0 fully saturated rings. The van der Waals surface area contributed by atoms with E-state index in [9.17, 15) is 4.79 Å². The molecule has 1 aliphatic heterocycles. The van der Waals surface area contributed by atoms with Crippen LogP contribution in [-0.4, -0.2) is 16.8 Å². The Kier molecular flexibility index (Phi) is 4.07. The van der Waals surface area contributed by atoms with Crippen molar-refractivity contribution >= 4 is 17.7 Å². The molecule has 2 rings (SSSR count). The summed E-state index contributed by atoms with van der Waals surface area (Å²) in [5.41, 5.74) is 8.56. The maximum absolute atomic E-state index is 10.6. The fourth-order valence-electron chi connectivity index (χ4n) is 2.20. The molecule has 0 bridgehead atoms. The van der Waals surface area contributed by atoms with Crippen molar-refractivity contribution in [2.24, 2.45) is 5.73 Å². The number of rotatable bonds is 4. The second-order valence-electron chi connectivity index (χ2n) is 4.31. The molecule has 1 unspecified atom stereocenters. The number of carbonyl (C=O) groups is 1. The minimum absolute atomic E-state index is 0.137. The summed E-state index contributed by atoms with van der Waals surface area (Å²) in [6.45, 7) is 0. The van der Waals surface area contributed by atoms with Gasteiger partial charge >= 0.3 is 5.97 Å². The Morgan fingerprint density at radius 2 is 2.35 bits per heavy atom. The van der Waals surface area contributed by atoms with Crippen LogP contribution in [0.4, 0.5) is 0 Å². The molecular formula is C13H17NO2S. The van der Waals surface area contributed by atoms with Crippen molar-refractivity contribution in [3.05, 3.63) is 29.3 Å². The predicted molar refractivity (Wildman–Crippen MR) is 69.3 cm³/mol. The number of hydrogen-bond donors (Lipinski definition) is 2. The first-order chi connectivity index (χ1) is 8.18. The Balaban J connectivity index is 2.17. The molecule has 1 aliphatic rings. The molecule has 3 nitrogen and oxygen atoms in total. The van der Waals surface area contributed by atoms with Gasteiger partial charge in [-0.1, -0.05) is 12.1 Å². The van der Waals surface area contributed by atoms with Crippen molar-refractivity contribution in [1.82, 2.24) is 0 Å². The minimum atomic E-state index is -0.778. The standard InChI is InChI=1S/C13H17NO2S/c14-11(6-7-13(15)16)9-3-1-5-12-10(9)4-2-8-17-12/h1,3,5,11H,2,4,6-8,14H2,(H,15,16). The van der Waals surface area contributed by atoms with Crippen LogP contribution in [0, 0.1) is 0 Å². The molecule has 1 aromatic carbocycles. The SMILES string of the molecule is NC(CCC(=O)O)c1cccc2c1CCCS2. The summed E-state index contributed by atoms with van der Waals surface area (Å²) in [6.07, 6.45) is 2.90. The molecule has 0 spiro atoms. The van der Waals surface area contributed by atoms with Gasteiger partial charge in [-0.15, -0.1) is 11.8 Å². The van der Waals surface area contributed by atoms with Crippen LogP contribution in [0.25, 0.3) is 0 Å². The zero-order chi connectivity index (χ0) is 12.3. The second kappa shape index (κ2) is 5.56. The van der Waals surface area contributed by atoms with E-state index in [1.54, 1.807) is 0 Å². The number of nitrogens with two attached hydrogens (primary N) is 1. The highest BCUT2D eigenvalue weighted by Gasteiger charge is 2.17. The maximum atomic E-state index is 10.6. The van der Waals surface area contributed by atoms with E-state index in [0.29, 0.717) is 6.42 Å². The van der Waals surface area contributed by atoms with Crippen LogP contribution in [-0.2, 0) is 11.2 Å². The zero-order valence-electron chi connectivity index (χ0n) is 9.69. The van der Waals surface area contributed by atoms with Gasteiger partial charge < -0.3 is 10.8 Å². The minimum Gasteiger partial charge on any atom is -0.481 e. The van der Waals surface area contributed by atoms with Gasteiger partial charge in [0.25, 0.3) is 0 Å². The van der Waals surface area contributed by atoms with Gasteiger partial charge in [0.2, 0.25) is 0 Å². The van der Waals surface area contributed by atoms with Crippen LogP contribution in [0.3, 0.4) is 0 Å². The third kappa shape index (κ3) is 3.01. The van der Waals surface area contributed by atoms with Gasteiger partial charge in [0.15, 0.2) is 0 Å². The number of thioether (sulfide) groups is 1. The van der Waals surface area contributed by atoms with E-state index in [0.717, 1.165) is 12.0 Å². The lowest BCUT2D eigenvalue weighted by atomic mass is 9.95. The zero-order valence-corrected chi connectivity index (χ0v) is 10.5. The molecule has 0 aromatic heterocycles. The number of carboxylic acids is 1. The highest BCUT2D eigenvalue weighted by atomic mass is 32.2. The van der Waals surface area contributed by atoms with Crippen LogP contribution in [0.2, 0.25) is 0 Å². The smallest absolute Gasteiger partial charge is 0.303 e. The second-order valence-corrected chi connectivity index (χ2v) is 5.45. The van der Waals surface area contributed by atoms with E-state index in [2.05, 4.69) is 6.07 Å². The highest BCUT2D eigenvalue weighted by Crippen LogP contribution is 2.34. The normalized spacial score (nSPS) is 16.3. The summed E-state index contributed by atoms with van der Waals surface area (Å²) in [5.74, 6) is 0.389. The molecule has 0 saturated carbocycles. The lowest BCUT2D eigenvalue weighted by molar-refractivity contribution is -0.137. The van der Waals surface area contributed by atoms with Crippen LogP contribution in [0.1, 0.15) is 36.4 Å². The first-order valence-electron chi connectivity index (χ1n) is 5.90. The topological polar surface area (TPSA) is 63.3 Å². The Morgan fingerprint density at radius 3 is 3.12 bits per heavy atom. The van der Waals surface area contributed by atoms with Crippen molar-refractivity contribution in [3.8, 4) is 0 Å². The van der Waals surface area contributed by atoms with Gasteiger partial charge in [0, 0.05) is 17.4 Å². The van der Waals surface area contributed by atoms with Crippen molar-refractivity contribution in [1.29, 1.82) is 0 Å². The van der Waals surface area contributed by atoms with Gasteiger partial charge in [0.05, 0.1) is 0 Å². The molecule has 0 amide bonds. The van der Waals surface area contributed by atoms with Crippen LogP contribution >= 0.6 is 11.8 Å². The van der Waals surface area contributed by atoms with Crippen LogP contribution < -0.4 is 5.73 Å². The Labute approximate surface area is 105 Å². The lowest BCUT2D eigenvalue weighted by Crippen LogP contribution is -2.16. The predicted octanol–water partition coefficient (Wildman–Crippen LogP) is 2.59. The number of benzene rings is 1. The number of hydrogen-bond acceptors (Lipinski definition) is 3. The molecular weight excluding hydrogens is 234 g/mol. The first-order valence-corrected chi connectivity index (χ1v) is 6.89. The highest BCUT2D eigenvalue weighted by molar-refractivity contribution is 7.99. The van der Waals surface area contributed by atoms with E-state index in [-0.39, 0.29) is 12.5 Å². The largest absolute Gasteiger partial charge is 0.481 e. The lowest BCUT2D eigenvalue weighted by Gasteiger charge is -2.22. The summed E-state index contributed by atoms with van der Waals surface area (Å²) < 4.78 is 0. The maximum Gasteiger partial charge on any atom is 0.303 e. The monoisotopic (exact) mass is 251 g/mol. The van der Waals surface area contributed by atoms with E-state index in [1.165, 1.54) is 22.6 Å². The fraction of sp³-hybridized carbons (Fsp3) is 0.462. The Hall–Kier alpha value is -1.00. The molecule has 4 heteroatoms. The first kappa shape index (κ1) is 12.5. The summed E-state index contributed by atoms with van der Waals surface area (Å²) in [4.78, 5) is 11.9. The van der Waals surface area contributed by atoms with Gasteiger partial charge in [-0.25, -0.2) is 0 Å². The molecule has 17 heavy (non-hydrogen) atoms. The molecule has 0 aliphatic carbocycles. The van der Waals surface area contributed by atoms with Gasteiger partial charge in [-0.2, -0.15) is 0 Å². The summed E-state index contributed by atoms with van der Waals surface area (Å²) in [5, 5.41) is 8.69. The summed E-state index contributed by atoms with van der Waals surface area (Å²) >= 11 is 1.87. The van der Waals surface area contributed by atoms with Crippen molar-refractivity contribution in [3.63, 3.8) is 0 Å². The van der Waals surface area contributed by atoms with Crippen molar-refractivity contribution < 1.29 is 9.90 Å². The van der Waals surface area contributed by atoms with E-state index in [4.69, 9.17) is 10.8 Å². The average Bonchev–Trinajstić information content (AvgIpc) is 2.35. The quantitative estimate of drug-likeness (QED) is 0.863. The summed E-state index contributed by atoms with van der Waals surface area (Å²) in [6, 6.07) is 6.04. The van der Waals surface area contributed by atoms with Gasteiger partial charge in [-0.05, 0) is 42.2 Å². The molecule has 1 heterocycles. The molecule has 0 saturated heterocycles. The third-order valence-electron chi connectivity index (χ3n) is 3.07. The molecule has 0 radical (unpaired) electrons. The van der Waals surface area contributed by atoms with Crippen molar-refractivity contribution in [2.45, 2.75) is 36.6 Å². The number of fused-ring (bicyclic) bond motifs is 1. The number of carboxylic acid groups (broad SMARTS) is 1. The Morgan fingerprint density at radius 1 is 1.53 bits per heavy atom. The molecule has 1 atom stereocenters. The van der Waals surface area contributed by atoms with Gasteiger partial charge in [-0.3, -0.25) is 4.79 Å².